The number of amides is 4. The van der Waals surface area contributed by atoms with Crippen molar-refractivity contribution in [1.29, 1.82) is 0 Å². The van der Waals surface area contributed by atoms with E-state index >= 15 is 0 Å². The van der Waals surface area contributed by atoms with Gasteiger partial charge in [0.25, 0.3) is 0 Å². The Morgan fingerprint density at radius 2 is 1.74 bits per heavy atom. The first kappa shape index (κ1) is 32.3. The molecule has 0 fully saturated rings. The van der Waals surface area contributed by atoms with E-state index in [1.807, 2.05) is 30.3 Å². The largest absolute Gasteiger partial charge is 0.481 e. The number of rotatable bonds is 14. The summed E-state index contributed by atoms with van der Waals surface area (Å²) in [6, 6.07) is 14.6. The third-order valence-electron chi connectivity index (χ3n) is 6.67. The zero-order valence-electron chi connectivity index (χ0n) is 23.5. The van der Waals surface area contributed by atoms with Crippen molar-refractivity contribution in [2.45, 2.75) is 51.6 Å². The lowest BCUT2D eigenvalue weighted by molar-refractivity contribution is -0.139. The summed E-state index contributed by atoms with van der Waals surface area (Å²) in [5, 5.41) is 17.1. The Bertz CT molecular complexity index is 1310. The highest BCUT2D eigenvalue weighted by Crippen LogP contribution is 2.32. The first-order valence-electron chi connectivity index (χ1n) is 13.6. The van der Waals surface area contributed by atoms with Crippen LogP contribution in [0.4, 0.5) is 4.79 Å². The van der Waals surface area contributed by atoms with Crippen LogP contribution in [0.2, 0.25) is 0 Å². The first-order valence-corrected chi connectivity index (χ1v) is 14.4. The summed E-state index contributed by atoms with van der Waals surface area (Å²) in [6.45, 7) is 3.74. The normalized spacial score (nSPS) is 15.5. The number of halogens is 1. The van der Waals surface area contributed by atoms with Crippen molar-refractivity contribution in [2.24, 2.45) is 0 Å². The summed E-state index contributed by atoms with van der Waals surface area (Å²) in [7, 11) is 0. The molecule has 4 N–H and O–H groups in total. The van der Waals surface area contributed by atoms with Crippen LogP contribution in [0.3, 0.4) is 0 Å². The van der Waals surface area contributed by atoms with Crippen molar-refractivity contribution in [2.75, 3.05) is 19.7 Å². The molecule has 3 rings (SSSR count). The standard InChI is InChI=1S/C30H35BrN4O7/c1-3-42-29(40)27-19(2)35(30(41)34-28(27)21-11-13-22(31)14-12-21)17-7-10-24(36)33-23(20-8-5-4-6-9-20)18-25(37)32-16-15-26(38)39/h4-6,8-9,11-14,23,28H,3,7,10,15-18H2,1-2H3,(H,32,37)(H,33,36)(H,34,41)(H,38,39)/t23-,28?/m1/s1. The summed E-state index contributed by atoms with van der Waals surface area (Å²) in [4.78, 5) is 63.5. The Morgan fingerprint density at radius 3 is 2.38 bits per heavy atom. The summed E-state index contributed by atoms with van der Waals surface area (Å²) < 4.78 is 6.16. The van der Waals surface area contributed by atoms with Crippen molar-refractivity contribution < 1.29 is 33.8 Å². The number of carbonyl (C=O) groups excluding carboxylic acids is 4. The van der Waals surface area contributed by atoms with Gasteiger partial charge in [-0.2, -0.15) is 0 Å². The van der Waals surface area contributed by atoms with Gasteiger partial charge in [0.15, 0.2) is 0 Å². The Morgan fingerprint density at radius 1 is 1.05 bits per heavy atom. The average Bonchev–Trinajstić information content (AvgIpc) is 2.95. The van der Waals surface area contributed by atoms with Crippen LogP contribution in [0, 0.1) is 0 Å². The summed E-state index contributed by atoms with van der Waals surface area (Å²) in [6.07, 6.45) is 0.0910. The number of hydrogen-bond donors (Lipinski definition) is 4. The molecule has 0 radical (unpaired) electrons. The first-order chi connectivity index (χ1) is 20.1. The second-order valence-corrected chi connectivity index (χ2v) is 10.6. The van der Waals surface area contributed by atoms with E-state index in [4.69, 9.17) is 9.84 Å². The van der Waals surface area contributed by atoms with Crippen molar-refractivity contribution in [3.8, 4) is 0 Å². The fraction of sp³-hybridized carbons (Fsp3) is 0.367. The minimum Gasteiger partial charge on any atom is -0.481 e. The van der Waals surface area contributed by atoms with Crippen LogP contribution in [0.15, 0.2) is 70.3 Å². The lowest BCUT2D eigenvalue weighted by Gasteiger charge is -2.35. The van der Waals surface area contributed by atoms with Gasteiger partial charge in [-0.25, -0.2) is 9.59 Å². The average molecular weight is 644 g/mol. The summed E-state index contributed by atoms with van der Waals surface area (Å²) >= 11 is 3.39. The van der Waals surface area contributed by atoms with E-state index in [0.29, 0.717) is 17.7 Å². The lowest BCUT2D eigenvalue weighted by atomic mass is 9.95. The molecule has 0 bridgehead atoms. The monoisotopic (exact) mass is 642 g/mol. The molecule has 0 spiro atoms. The highest BCUT2D eigenvalue weighted by Gasteiger charge is 2.36. The van der Waals surface area contributed by atoms with E-state index in [9.17, 15) is 24.0 Å². The van der Waals surface area contributed by atoms with Gasteiger partial charge in [0, 0.05) is 29.7 Å². The van der Waals surface area contributed by atoms with E-state index in [1.165, 1.54) is 4.90 Å². The molecule has 1 aliphatic rings. The number of nitrogens with one attached hydrogen (secondary N) is 3. The summed E-state index contributed by atoms with van der Waals surface area (Å²) in [5.74, 6) is -2.26. The van der Waals surface area contributed by atoms with Gasteiger partial charge in [-0.15, -0.1) is 0 Å². The predicted molar refractivity (Wildman–Crippen MR) is 158 cm³/mol. The number of urea groups is 1. The van der Waals surface area contributed by atoms with Crippen molar-refractivity contribution in [3.63, 3.8) is 0 Å². The molecule has 224 valence electrons. The number of allylic oxidation sites excluding steroid dienone is 1. The number of carbonyl (C=O) groups is 5. The molecule has 11 nitrogen and oxygen atoms in total. The fourth-order valence-corrected chi connectivity index (χ4v) is 4.86. The molecule has 2 aromatic carbocycles. The molecule has 12 heteroatoms. The van der Waals surface area contributed by atoms with Crippen LogP contribution in [0.25, 0.3) is 0 Å². The van der Waals surface area contributed by atoms with Gasteiger partial charge in [0.1, 0.15) is 0 Å². The Balaban J connectivity index is 1.67. The van der Waals surface area contributed by atoms with E-state index in [1.54, 1.807) is 38.1 Å². The maximum absolute atomic E-state index is 13.1. The molecule has 0 saturated carbocycles. The molecule has 2 aromatic rings. The lowest BCUT2D eigenvalue weighted by Crippen LogP contribution is -2.48. The Labute approximate surface area is 252 Å². The molecule has 1 aliphatic heterocycles. The van der Waals surface area contributed by atoms with Gasteiger partial charge in [-0.3, -0.25) is 19.3 Å². The van der Waals surface area contributed by atoms with Crippen LogP contribution < -0.4 is 16.0 Å². The number of nitrogens with zero attached hydrogens (tertiary/aromatic N) is 1. The van der Waals surface area contributed by atoms with Crippen molar-refractivity contribution in [3.05, 3.63) is 81.5 Å². The van der Waals surface area contributed by atoms with Gasteiger partial charge < -0.3 is 25.8 Å². The van der Waals surface area contributed by atoms with Gasteiger partial charge in [0.05, 0.1) is 37.1 Å². The van der Waals surface area contributed by atoms with E-state index in [2.05, 4.69) is 31.9 Å². The van der Waals surface area contributed by atoms with Crippen molar-refractivity contribution in [1.82, 2.24) is 20.9 Å². The van der Waals surface area contributed by atoms with Gasteiger partial charge in [0.2, 0.25) is 11.8 Å². The maximum Gasteiger partial charge on any atom is 0.338 e. The number of carboxylic acids is 1. The van der Waals surface area contributed by atoms with E-state index in [-0.39, 0.29) is 50.8 Å². The SMILES string of the molecule is CCOC(=O)C1=C(C)N(CCCC(=O)N[C@H](CC(=O)NCCC(=O)O)c2ccccc2)C(=O)NC1c1ccc(Br)cc1. The number of aliphatic carboxylic acids is 1. The minimum atomic E-state index is -1.02. The molecule has 0 aromatic heterocycles. The molecule has 2 atom stereocenters. The highest BCUT2D eigenvalue weighted by atomic mass is 79.9. The number of hydrogen-bond acceptors (Lipinski definition) is 6. The molecule has 0 aliphatic carbocycles. The molecule has 1 heterocycles. The van der Waals surface area contributed by atoms with Crippen LogP contribution in [0.5, 0.6) is 0 Å². The topological polar surface area (TPSA) is 154 Å². The Kier molecular flexibility index (Phi) is 12.1. The smallest absolute Gasteiger partial charge is 0.338 e. The van der Waals surface area contributed by atoms with Crippen molar-refractivity contribution >= 4 is 45.7 Å². The maximum atomic E-state index is 13.1. The number of esters is 1. The van der Waals surface area contributed by atoms with Gasteiger partial charge in [-0.05, 0) is 43.5 Å². The molecule has 0 saturated heterocycles. The quantitative estimate of drug-likeness (QED) is 0.227. The number of benzene rings is 2. The second-order valence-electron chi connectivity index (χ2n) is 9.64. The Hall–Kier alpha value is -4.19. The molecule has 4 amide bonds. The van der Waals surface area contributed by atoms with Crippen LogP contribution in [0.1, 0.15) is 62.7 Å². The van der Waals surface area contributed by atoms with Gasteiger partial charge >= 0.3 is 18.0 Å². The molecule has 42 heavy (non-hydrogen) atoms. The predicted octanol–water partition coefficient (Wildman–Crippen LogP) is 3.97. The highest BCUT2D eigenvalue weighted by molar-refractivity contribution is 9.10. The molecular formula is C30H35BrN4O7. The number of ether oxygens (including phenoxy) is 1. The zero-order valence-corrected chi connectivity index (χ0v) is 25.1. The van der Waals surface area contributed by atoms with E-state index < -0.39 is 30.1 Å². The molecular weight excluding hydrogens is 608 g/mol. The van der Waals surface area contributed by atoms with E-state index in [0.717, 1.165) is 15.6 Å². The van der Waals surface area contributed by atoms with Crippen LogP contribution in [-0.4, -0.2) is 59.5 Å². The number of carboxylic acid groups (broad SMARTS) is 1. The minimum absolute atomic E-state index is 0.00907. The summed E-state index contributed by atoms with van der Waals surface area (Å²) in [5.41, 5.74) is 2.23. The van der Waals surface area contributed by atoms with Gasteiger partial charge in [-0.1, -0.05) is 58.4 Å². The second kappa shape index (κ2) is 15.7. The third kappa shape index (κ3) is 9.16. The molecule has 1 unspecified atom stereocenters. The fourth-order valence-electron chi connectivity index (χ4n) is 4.60. The van der Waals surface area contributed by atoms with Crippen LogP contribution in [-0.2, 0) is 23.9 Å². The van der Waals surface area contributed by atoms with Crippen LogP contribution >= 0.6 is 15.9 Å². The zero-order chi connectivity index (χ0) is 30.6. The third-order valence-corrected chi connectivity index (χ3v) is 7.20.